The fourth-order valence-electron chi connectivity index (χ4n) is 3.58. The Morgan fingerprint density at radius 1 is 0.968 bits per heavy atom. The molecule has 3 rings (SSSR count). The van der Waals surface area contributed by atoms with Gasteiger partial charge in [-0.05, 0) is 54.2 Å². The zero-order valence-corrected chi connectivity index (χ0v) is 18.5. The number of benzene rings is 3. The van der Waals surface area contributed by atoms with E-state index in [0.717, 1.165) is 34.5 Å². The van der Waals surface area contributed by atoms with E-state index in [4.69, 9.17) is 4.74 Å². The first-order valence-electron chi connectivity index (χ1n) is 10.9. The van der Waals surface area contributed by atoms with E-state index in [0.29, 0.717) is 12.5 Å². The molecule has 0 aliphatic rings. The highest BCUT2D eigenvalue weighted by atomic mass is 16.5. The number of para-hydroxylation sites is 1. The maximum Gasteiger partial charge on any atom is 0.231 e. The molecular weight excluding hydrogens is 382 g/mol. The van der Waals surface area contributed by atoms with Gasteiger partial charge in [0.1, 0.15) is 12.4 Å². The maximum absolute atomic E-state index is 13.3. The van der Waals surface area contributed by atoms with E-state index in [1.54, 1.807) is 0 Å². The van der Waals surface area contributed by atoms with Gasteiger partial charge in [-0.25, -0.2) is 0 Å². The molecule has 0 saturated heterocycles. The summed E-state index contributed by atoms with van der Waals surface area (Å²) in [6.07, 6.45) is 4.79. The highest BCUT2D eigenvalue weighted by Gasteiger charge is 2.22. The van der Waals surface area contributed by atoms with Crippen molar-refractivity contribution < 1.29 is 9.53 Å². The van der Waals surface area contributed by atoms with Crippen LogP contribution >= 0.6 is 0 Å². The van der Waals surface area contributed by atoms with Gasteiger partial charge in [-0.3, -0.25) is 4.79 Å². The van der Waals surface area contributed by atoms with E-state index in [1.165, 1.54) is 0 Å². The van der Waals surface area contributed by atoms with Crippen LogP contribution in [0.25, 0.3) is 6.08 Å². The average molecular weight is 414 g/mol. The van der Waals surface area contributed by atoms with Crippen molar-refractivity contribution in [3.8, 4) is 5.75 Å². The minimum Gasteiger partial charge on any atom is -0.489 e. The molecule has 0 aliphatic carbocycles. The number of carbonyl (C=O) groups is 1. The van der Waals surface area contributed by atoms with Gasteiger partial charge < -0.3 is 10.1 Å². The Morgan fingerprint density at radius 2 is 1.65 bits per heavy atom. The number of ether oxygens (including phenoxy) is 1. The normalized spacial score (nSPS) is 12.1. The zero-order chi connectivity index (χ0) is 22.1. The summed E-state index contributed by atoms with van der Waals surface area (Å²) in [7, 11) is 0. The maximum atomic E-state index is 13.3. The number of amides is 1. The summed E-state index contributed by atoms with van der Waals surface area (Å²) < 4.78 is 5.89. The van der Waals surface area contributed by atoms with Gasteiger partial charge in [0, 0.05) is 5.69 Å². The van der Waals surface area contributed by atoms with Crippen molar-refractivity contribution in [2.24, 2.45) is 5.92 Å². The first-order chi connectivity index (χ1) is 15.1. The molecule has 0 heterocycles. The Labute approximate surface area is 185 Å². The number of nitrogens with one attached hydrogen (secondary N) is 1. The molecule has 0 aromatic heterocycles. The standard InChI is InChI=1S/C28H31NO2/c1-4-11-24-17-16-22(20-31-25-14-9-6-10-15-25)19-27(24)29-28(30)26(18-21(2)3)23-12-7-5-8-13-23/h4-17,19,21,26H,18,20H2,1-3H3,(H,29,30)/b11-4+. The summed E-state index contributed by atoms with van der Waals surface area (Å²) in [5.74, 6) is 1.07. The Hall–Kier alpha value is -3.33. The third kappa shape index (κ3) is 6.58. The van der Waals surface area contributed by atoms with Gasteiger partial charge >= 0.3 is 0 Å². The zero-order valence-electron chi connectivity index (χ0n) is 18.5. The second-order valence-corrected chi connectivity index (χ2v) is 8.11. The topological polar surface area (TPSA) is 38.3 Å². The van der Waals surface area contributed by atoms with Crippen molar-refractivity contribution in [3.05, 3.63) is 102 Å². The van der Waals surface area contributed by atoms with Crippen molar-refractivity contribution in [3.63, 3.8) is 0 Å². The summed E-state index contributed by atoms with van der Waals surface area (Å²) in [6, 6.07) is 25.8. The molecule has 1 amide bonds. The SMILES string of the molecule is C/C=C/c1ccc(COc2ccccc2)cc1NC(=O)C(CC(C)C)c1ccccc1. The van der Waals surface area contributed by atoms with Crippen LogP contribution in [0.4, 0.5) is 5.69 Å². The lowest BCUT2D eigenvalue weighted by atomic mass is 9.89. The Morgan fingerprint density at radius 3 is 2.29 bits per heavy atom. The second-order valence-electron chi connectivity index (χ2n) is 8.11. The minimum absolute atomic E-state index is 0.0202. The van der Waals surface area contributed by atoms with Crippen LogP contribution in [-0.4, -0.2) is 5.91 Å². The van der Waals surface area contributed by atoms with Crippen LogP contribution in [0.2, 0.25) is 0 Å². The van der Waals surface area contributed by atoms with Gasteiger partial charge in [0.25, 0.3) is 0 Å². The Kier molecular flexibility index (Phi) is 8.05. The molecule has 3 nitrogen and oxygen atoms in total. The first-order valence-corrected chi connectivity index (χ1v) is 10.9. The van der Waals surface area contributed by atoms with Gasteiger partial charge in [-0.1, -0.05) is 86.7 Å². The van der Waals surface area contributed by atoms with Crippen molar-refractivity contribution in [1.82, 2.24) is 0 Å². The molecule has 1 atom stereocenters. The number of carbonyl (C=O) groups excluding carboxylic acids is 1. The lowest BCUT2D eigenvalue weighted by Gasteiger charge is -2.20. The second kappa shape index (κ2) is 11.2. The molecule has 1 unspecified atom stereocenters. The van der Waals surface area contributed by atoms with Crippen LogP contribution in [0.3, 0.4) is 0 Å². The quantitative estimate of drug-likeness (QED) is 0.407. The van der Waals surface area contributed by atoms with E-state index in [2.05, 4.69) is 19.2 Å². The molecule has 0 saturated carbocycles. The molecule has 1 N–H and O–H groups in total. The molecule has 31 heavy (non-hydrogen) atoms. The van der Waals surface area contributed by atoms with Crippen molar-refractivity contribution in [1.29, 1.82) is 0 Å². The van der Waals surface area contributed by atoms with E-state index >= 15 is 0 Å². The van der Waals surface area contributed by atoms with Crippen LogP contribution in [0.15, 0.2) is 84.9 Å². The summed E-state index contributed by atoms with van der Waals surface area (Å²) in [4.78, 5) is 13.3. The van der Waals surface area contributed by atoms with Crippen molar-refractivity contribution >= 4 is 17.7 Å². The molecule has 3 aromatic carbocycles. The lowest BCUT2D eigenvalue weighted by molar-refractivity contribution is -0.117. The third-order valence-electron chi connectivity index (χ3n) is 5.10. The van der Waals surface area contributed by atoms with Crippen molar-refractivity contribution in [2.75, 3.05) is 5.32 Å². The first kappa shape index (κ1) is 22.4. The fraction of sp³-hybridized carbons (Fsp3) is 0.250. The van der Waals surface area contributed by atoms with Crippen LogP contribution < -0.4 is 10.1 Å². The lowest BCUT2D eigenvalue weighted by Crippen LogP contribution is -2.23. The van der Waals surface area contributed by atoms with E-state index in [-0.39, 0.29) is 11.8 Å². The van der Waals surface area contributed by atoms with E-state index < -0.39 is 0 Å². The Bertz CT molecular complexity index is 994. The van der Waals surface area contributed by atoms with Gasteiger partial charge in [0.15, 0.2) is 0 Å². The van der Waals surface area contributed by atoms with Gasteiger partial charge in [-0.2, -0.15) is 0 Å². The predicted octanol–water partition coefficient (Wildman–Crippen LogP) is 7.07. The fourth-order valence-corrected chi connectivity index (χ4v) is 3.58. The van der Waals surface area contributed by atoms with Crippen LogP contribution in [-0.2, 0) is 11.4 Å². The predicted molar refractivity (Wildman–Crippen MR) is 129 cm³/mol. The summed E-state index contributed by atoms with van der Waals surface area (Å²) in [5.41, 5.74) is 3.84. The molecule has 3 aromatic rings. The number of rotatable bonds is 9. The summed E-state index contributed by atoms with van der Waals surface area (Å²) >= 11 is 0. The number of hydrogen-bond acceptors (Lipinski definition) is 2. The average Bonchev–Trinajstić information content (AvgIpc) is 2.79. The van der Waals surface area contributed by atoms with Gasteiger partial charge in [0.05, 0.1) is 5.92 Å². The summed E-state index contributed by atoms with van der Waals surface area (Å²) in [5, 5.41) is 3.19. The minimum atomic E-state index is -0.191. The molecule has 0 aliphatic heterocycles. The van der Waals surface area contributed by atoms with E-state index in [1.807, 2.05) is 97.9 Å². The molecule has 0 fully saturated rings. The highest BCUT2D eigenvalue weighted by Crippen LogP contribution is 2.28. The van der Waals surface area contributed by atoms with Crippen molar-refractivity contribution in [2.45, 2.75) is 39.7 Å². The van der Waals surface area contributed by atoms with Crippen LogP contribution in [0, 0.1) is 5.92 Å². The van der Waals surface area contributed by atoms with Gasteiger partial charge in [-0.15, -0.1) is 0 Å². The summed E-state index contributed by atoms with van der Waals surface area (Å²) in [6.45, 7) is 6.71. The monoisotopic (exact) mass is 413 g/mol. The van der Waals surface area contributed by atoms with Crippen LogP contribution in [0.1, 0.15) is 49.8 Å². The number of anilines is 1. The van der Waals surface area contributed by atoms with Crippen LogP contribution in [0.5, 0.6) is 5.75 Å². The molecule has 160 valence electrons. The Balaban J connectivity index is 1.82. The smallest absolute Gasteiger partial charge is 0.231 e. The molecule has 0 bridgehead atoms. The molecule has 3 heteroatoms. The molecular formula is C28H31NO2. The third-order valence-corrected chi connectivity index (χ3v) is 5.10. The van der Waals surface area contributed by atoms with E-state index in [9.17, 15) is 4.79 Å². The molecule has 0 radical (unpaired) electrons. The largest absolute Gasteiger partial charge is 0.489 e. The van der Waals surface area contributed by atoms with Gasteiger partial charge in [0.2, 0.25) is 5.91 Å². The molecule has 0 spiro atoms. The number of allylic oxidation sites excluding steroid dienone is 1. The number of hydrogen-bond donors (Lipinski definition) is 1. The highest BCUT2D eigenvalue weighted by molar-refractivity contribution is 5.97.